The predicted molar refractivity (Wildman–Crippen MR) is 125 cm³/mol. The Labute approximate surface area is 197 Å². The van der Waals surface area contributed by atoms with Crippen LogP contribution in [-0.4, -0.2) is 66.5 Å². The molecule has 0 radical (unpaired) electrons. The number of aryl methyl sites for hydroxylation is 1. The number of carbonyl (C=O) groups excluding carboxylic acids is 2. The van der Waals surface area contributed by atoms with E-state index in [2.05, 4.69) is 10.00 Å². The van der Waals surface area contributed by atoms with Crippen molar-refractivity contribution in [2.75, 3.05) is 44.8 Å². The minimum absolute atomic E-state index is 0.157. The molecule has 1 aromatic heterocycles. The van der Waals surface area contributed by atoms with Gasteiger partial charge in [-0.15, -0.1) is 0 Å². The molecule has 2 heterocycles. The SMILES string of the molecule is COc1ccc(N2CCN(C(=O)COC(=O)c3c(C)nn(-c4ccccc4)c3Cl)CC2)cc1. The summed E-state index contributed by atoms with van der Waals surface area (Å²) in [7, 11) is 1.64. The summed E-state index contributed by atoms with van der Waals surface area (Å²) in [5.41, 5.74) is 2.41. The van der Waals surface area contributed by atoms with Crippen LogP contribution >= 0.6 is 11.6 Å². The number of hydrogen-bond donors (Lipinski definition) is 0. The summed E-state index contributed by atoms with van der Waals surface area (Å²) in [6, 6.07) is 17.1. The zero-order valence-corrected chi connectivity index (χ0v) is 19.3. The van der Waals surface area contributed by atoms with Gasteiger partial charge in [-0.05, 0) is 43.3 Å². The summed E-state index contributed by atoms with van der Waals surface area (Å²) in [5, 5.41) is 4.50. The Morgan fingerprint density at radius 1 is 0.970 bits per heavy atom. The van der Waals surface area contributed by atoms with E-state index in [4.69, 9.17) is 21.1 Å². The van der Waals surface area contributed by atoms with Crippen LogP contribution in [0.2, 0.25) is 5.15 Å². The molecule has 0 unspecified atom stereocenters. The minimum atomic E-state index is -0.662. The second-order valence-electron chi connectivity index (χ2n) is 7.64. The van der Waals surface area contributed by atoms with Crippen LogP contribution in [0.3, 0.4) is 0 Å². The van der Waals surface area contributed by atoms with Crippen LogP contribution in [0.5, 0.6) is 5.75 Å². The van der Waals surface area contributed by atoms with Gasteiger partial charge >= 0.3 is 5.97 Å². The number of benzene rings is 2. The zero-order chi connectivity index (χ0) is 23.4. The van der Waals surface area contributed by atoms with E-state index < -0.39 is 5.97 Å². The van der Waals surface area contributed by atoms with Gasteiger partial charge in [0.1, 0.15) is 16.5 Å². The molecule has 0 bridgehead atoms. The van der Waals surface area contributed by atoms with Gasteiger partial charge in [0.25, 0.3) is 5.91 Å². The molecule has 1 aliphatic heterocycles. The lowest BCUT2D eigenvalue weighted by Crippen LogP contribution is -2.49. The van der Waals surface area contributed by atoms with E-state index in [9.17, 15) is 9.59 Å². The quantitative estimate of drug-likeness (QED) is 0.516. The van der Waals surface area contributed by atoms with Crippen LogP contribution < -0.4 is 9.64 Å². The number of piperazine rings is 1. The van der Waals surface area contributed by atoms with Crippen molar-refractivity contribution in [3.63, 3.8) is 0 Å². The standard InChI is InChI=1S/C24H25ClN4O4/c1-17-22(23(25)29(26-17)19-6-4-3-5-7-19)24(31)33-16-21(30)28-14-12-27(13-15-28)18-8-10-20(32-2)11-9-18/h3-11H,12-16H2,1-2H3. The molecule has 0 atom stereocenters. The second kappa shape index (κ2) is 9.95. The molecule has 8 nitrogen and oxygen atoms in total. The third-order valence-electron chi connectivity index (χ3n) is 5.61. The van der Waals surface area contributed by atoms with E-state index >= 15 is 0 Å². The van der Waals surface area contributed by atoms with Gasteiger partial charge in [-0.1, -0.05) is 29.8 Å². The Balaban J connectivity index is 1.32. The molecule has 0 N–H and O–H groups in total. The van der Waals surface area contributed by atoms with Gasteiger partial charge in [0.2, 0.25) is 0 Å². The van der Waals surface area contributed by atoms with E-state index in [1.807, 2.05) is 54.6 Å². The fourth-order valence-electron chi connectivity index (χ4n) is 3.77. The van der Waals surface area contributed by atoms with Crippen molar-refractivity contribution < 1.29 is 19.1 Å². The van der Waals surface area contributed by atoms with Crippen molar-refractivity contribution in [2.45, 2.75) is 6.92 Å². The topological polar surface area (TPSA) is 76.9 Å². The van der Waals surface area contributed by atoms with Crippen molar-refractivity contribution >= 4 is 29.2 Å². The lowest BCUT2D eigenvalue weighted by Gasteiger charge is -2.36. The normalized spacial score (nSPS) is 13.7. The fraction of sp³-hybridized carbons (Fsp3) is 0.292. The first-order valence-corrected chi connectivity index (χ1v) is 11.0. The average molecular weight is 469 g/mol. The van der Waals surface area contributed by atoms with Crippen LogP contribution in [-0.2, 0) is 9.53 Å². The summed E-state index contributed by atoms with van der Waals surface area (Å²) in [4.78, 5) is 29.2. The number of para-hydroxylation sites is 1. The number of esters is 1. The van der Waals surface area contributed by atoms with Gasteiger partial charge in [-0.3, -0.25) is 4.79 Å². The molecule has 1 amide bonds. The third-order valence-corrected chi connectivity index (χ3v) is 5.95. The lowest BCUT2D eigenvalue weighted by atomic mass is 10.2. The summed E-state index contributed by atoms with van der Waals surface area (Å²) < 4.78 is 12.0. The predicted octanol–water partition coefficient (Wildman–Crippen LogP) is 3.35. The molecule has 9 heteroatoms. The third kappa shape index (κ3) is 4.96. The number of rotatable bonds is 6. The Morgan fingerprint density at radius 3 is 2.27 bits per heavy atom. The molecular weight excluding hydrogens is 444 g/mol. The number of nitrogens with zero attached hydrogens (tertiary/aromatic N) is 4. The monoisotopic (exact) mass is 468 g/mol. The number of hydrogen-bond acceptors (Lipinski definition) is 6. The van der Waals surface area contributed by atoms with E-state index in [1.165, 1.54) is 4.68 Å². The maximum atomic E-state index is 12.7. The van der Waals surface area contributed by atoms with Gasteiger partial charge < -0.3 is 19.3 Å². The lowest BCUT2D eigenvalue weighted by molar-refractivity contribution is -0.134. The molecule has 1 fully saturated rings. The number of halogens is 1. The molecule has 0 aliphatic carbocycles. The Kier molecular flexibility index (Phi) is 6.84. The van der Waals surface area contributed by atoms with Crippen molar-refractivity contribution in [3.05, 3.63) is 71.0 Å². The first-order valence-electron chi connectivity index (χ1n) is 10.6. The van der Waals surface area contributed by atoms with Crippen molar-refractivity contribution in [1.29, 1.82) is 0 Å². The number of anilines is 1. The summed E-state index contributed by atoms with van der Waals surface area (Å²) in [6.07, 6.45) is 0. The smallest absolute Gasteiger partial charge is 0.343 e. The number of carbonyl (C=O) groups is 2. The van der Waals surface area contributed by atoms with E-state index in [-0.39, 0.29) is 23.2 Å². The number of aromatic nitrogens is 2. The highest BCUT2D eigenvalue weighted by Gasteiger charge is 2.26. The highest BCUT2D eigenvalue weighted by Crippen LogP contribution is 2.24. The van der Waals surface area contributed by atoms with Crippen LogP contribution in [0.25, 0.3) is 5.69 Å². The Bertz CT molecular complexity index is 1120. The van der Waals surface area contributed by atoms with E-state index in [0.717, 1.165) is 17.1 Å². The van der Waals surface area contributed by atoms with Gasteiger partial charge in [0.05, 0.1) is 18.5 Å². The largest absolute Gasteiger partial charge is 0.497 e. The maximum absolute atomic E-state index is 12.7. The molecular formula is C24H25ClN4O4. The Morgan fingerprint density at radius 2 is 1.64 bits per heavy atom. The van der Waals surface area contributed by atoms with Crippen molar-refractivity contribution in [2.24, 2.45) is 0 Å². The summed E-state index contributed by atoms with van der Waals surface area (Å²) in [6.45, 7) is 3.83. The highest BCUT2D eigenvalue weighted by molar-refractivity contribution is 6.33. The van der Waals surface area contributed by atoms with Crippen molar-refractivity contribution in [3.8, 4) is 11.4 Å². The molecule has 3 aromatic rings. The first-order chi connectivity index (χ1) is 16.0. The zero-order valence-electron chi connectivity index (χ0n) is 18.5. The summed E-state index contributed by atoms with van der Waals surface area (Å²) >= 11 is 6.41. The van der Waals surface area contributed by atoms with Gasteiger partial charge in [0, 0.05) is 31.9 Å². The van der Waals surface area contributed by atoms with Crippen LogP contribution in [0, 0.1) is 6.92 Å². The van der Waals surface area contributed by atoms with E-state index in [1.54, 1.807) is 18.9 Å². The first kappa shape index (κ1) is 22.7. The number of amides is 1. The molecule has 2 aromatic carbocycles. The van der Waals surface area contributed by atoms with Crippen LogP contribution in [0.4, 0.5) is 5.69 Å². The molecule has 1 aliphatic rings. The fourth-order valence-corrected chi connectivity index (χ4v) is 4.12. The van der Waals surface area contributed by atoms with Gasteiger partial charge in [-0.25, -0.2) is 9.48 Å². The second-order valence-corrected chi connectivity index (χ2v) is 8.00. The molecule has 0 saturated carbocycles. The van der Waals surface area contributed by atoms with Crippen molar-refractivity contribution in [1.82, 2.24) is 14.7 Å². The maximum Gasteiger partial charge on any atom is 0.343 e. The molecule has 33 heavy (non-hydrogen) atoms. The van der Waals surface area contributed by atoms with Crippen LogP contribution in [0.1, 0.15) is 16.1 Å². The minimum Gasteiger partial charge on any atom is -0.497 e. The van der Waals surface area contributed by atoms with Gasteiger partial charge in [0.15, 0.2) is 6.61 Å². The molecule has 1 saturated heterocycles. The Hall–Kier alpha value is -3.52. The van der Waals surface area contributed by atoms with Gasteiger partial charge in [-0.2, -0.15) is 5.10 Å². The molecule has 172 valence electrons. The number of methoxy groups -OCH3 is 1. The molecule has 4 rings (SSSR count). The van der Waals surface area contributed by atoms with E-state index in [0.29, 0.717) is 31.9 Å². The average Bonchev–Trinajstić information content (AvgIpc) is 3.16. The highest BCUT2D eigenvalue weighted by atomic mass is 35.5. The number of ether oxygens (including phenoxy) is 2. The molecule has 0 spiro atoms. The van der Waals surface area contributed by atoms with Crippen LogP contribution in [0.15, 0.2) is 54.6 Å². The summed E-state index contributed by atoms with van der Waals surface area (Å²) in [5.74, 6) is -0.0918.